The van der Waals surface area contributed by atoms with Gasteiger partial charge in [-0.2, -0.15) is 0 Å². The summed E-state index contributed by atoms with van der Waals surface area (Å²) >= 11 is 1.60. The van der Waals surface area contributed by atoms with Crippen LogP contribution in [0.2, 0.25) is 0 Å². The maximum absolute atomic E-state index is 12.5. The highest BCUT2D eigenvalue weighted by molar-refractivity contribution is 7.22. The van der Waals surface area contributed by atoms with Gasteiger partial charge in [-0.05, 0) is 24.3 Å². The molecular formula is C20H20N2O5S. The van der Waals surface area contributed by atoms with E-state index >= 15 is 0 Å². The molecule has 0 spiro atoms. The van der Waals surface area contributed by atoms with Crippen LogP contribution in [0.4, 0.5) is 5.13 Å². The van der Waals surface area contributed by atoms with Crippen molar-refractivity contribution in [1.82, 2.24) is 4.98 Å². The number of rotatable bonds is 6. The van der Waals surface area contributed by atoms with Gasteiger partial charge in [0, 0.05) is 6.07 Å². The van der Waals surface area contributed by atoms with Gasteiger partial charge in [0.2, 0.25) is 0 Å². The number of esters is 1. The van der Waals surface area contributed by atoms with E-state index in [2.05, 4.69) is 9.88 Å². The summed E-state index contributed by atoms with van der Waals surface area (Å²) in [5, 5.41) is 0.897. The van der Waals surface area contributed by atoms with E-state index in [4.69, 9.17) is 18.9 Å². The number of carbonyl (C=O) groups excluding carboxylic acids is 1. The molecule has 1 saturated heterocycles. The fraction of sp³-hybridized carbons (Fsp3) is 0.300. The molecule has 3 aromatic rings. The molecule has 2 aromatic carbocycles. The van der Waals surface area contributed by atoms with Crippen LogP contribution in [-0.4, -0.2) is 51.5 Å². The van der Waals surface area contributed by atoms with Crippen molar-refractivity contribution in [3.8, 4) is 17.2 Å². The predicted molar refractivity (Wildman–Crippen MR) is 107 cm³/mol. The van der Waals surface area contributed by atoms with Crippen LogP contribution in [0.3, 0.4) is 0 Å². The van der Waals surface area contributed by atoms with E-state index in [1.807, 2.05) is 18.2 Å². The Hall–Kier alpha value is -3.00. The second-order valence-electron chi connectivity index (χ2n) is 6.30. The van der Waals surface area contributed by atoms with Crippen LogP contribution < -0.4 is 19.1 Å². The van der Waals surface area contributed by atoms with Gasteiger partial charge in [-0.25, -0.2) is 9.78 Å². The van der Waals surface area contributed by atoms with Gasteiger partial charge in [0.05, 0.1) is 39.1 Å². The summed E-state index contributed by atoms with van der Waals surface area (Å²) in [6.45, 7) is 1.21. The molecule has 28 heavy (non-hydrogen) atoms. The van der Waals surface area contributed by atoms with Crippen LogP contribution in [0, 0.1) is 0 Å². The molecule has 0 bridgehead atoms. The van der Waals surface area contributed by atoms with Gasteiger partial charge < -0.3 is 23.8 Å². The average Bonchev–Trinajstić information content (AvgIpc) is 3.13. The Kier molecular flexibility index (Phi) is 4.95. The number of fused-ring (bicyclic) bond motifs is 1. The van der Waals surface area contributed by atoms with Crippen molar-refractivity contribution < 1.29 is 23.7 Å². The third-order valence-corrected chi connectivity index (χ3v) is 5.69. The lowest BCUT2D eigenvalue weighted by atomic mass is 10.1. The molecule has 4 rings (SSSR count). The minimum absolute atomic E-state index is 0.187. The first-order valence-corrected chi connectivity index (χ1v) is 9.56. The van der Waals surface area contributed by atoms with Gasteiger partial charge in [0.15, 0.2) is 5.13 Å². The van der Waals surface area contributed by atoms with Gasteiger partial charge in [0.25, 0.3) is 0 Å². The van der Waals surface area contributed by atoms with Crippen LogP contribution in [0.15, 0.2) is 36.4 Å². The monoisotopic (exact) mass is 400 g/mol. The Labute approximate surface area is 166 Å². The summed E-state index contributed by atoms with van der Waals surface area (Å²) in [5.74, 6) is 1.40. The normalized spacial score (nSPS) is 13.9. The van der Waals surface area contributed by atoms with E-state index in [0.29, 0.717) is 30.2 Å². The number of thiazole rings is 1. The van der Waals surface area contributed by atoms with Gasteiger partial charge in [0.1, 0.15) is 34.4 Å². The molecule has 1 aliphatic rings. The fourth-order valence-corrected chi connectivity index (χ4v) is 4.06. The molecule has 0 N–H and O–H groups in total. The molecule has 0 radical (unpaired) electrons. The van der Waals surface area contributed by atoms with Crippen molar-refractivity contribution in [2.24, 2.45) is 0 Å². The first-order valence-electron chi connectivity index (χ1n) is 8.74. The largest absolute Gasteiger partial charge is 0.497 e. The smallest absolute Gasteiger partial charge is 0.342 e. The van der Waals surface area contributed by atoms with E-state index in [1.165, 1.54) is 7.11 Å². The number of ether oxygens (including phenoxy) is 4. The number of para-hydroxylation sites is 1. The summed E-state index contributed by atoms with van der Waals surface area (Å²) in [4.78, 5) is 19.3. The molecule has 1 fully saturated rings. The van der Waals surface area contributed by atoms with Crippen molar-refractivity contribution in [1.29, 1.82) is 0 Å². The highest BCUT2D eigenvalue weighted by Gasteiger charge is 2.33. The number of methoxy groups -OCH3 is 3. The molecule has 1 aliphatic heterocycles. The molecule has 0 unspecified atom stereocenters. The third-order valence-electron chi connectivity index (χ3n) is 4.61. The number of nitrogens with zero attached hydrogens (tertiary/aromatic N) is 2. The van der Waals surface area contributed by atoms with E-state index in [9.17, 15) is 4.79 Å². The lowest BCUT2D eigenvalue weighted by Crippen LogP contribution is -2.53. The van der Waals surface area contributed by atoms with Crippen molar-refractivity contribution in [3.63, 3.8) is 0 Å². The number of aromatic nitrogens is 1. The van der Waals surface area contributed by atoms with Crippen LogP contribution in [0.25, 0.3) is 10.2 Å². The summed E-state index contributed by atoms with van der Waals surface area (Å²) < 4.78 is 22.5. The van der Waals surface area contributed by atoms with E-state index in [1.54, 1.807) is 43.8 Å². The Bertz CT molecular complexity index is 1010. The second kappa shape index (κ2) is 7.55. The zero-order valence-corrected chi connectivity index (χ0v) is 16.6. The van der Waals surface area contributed by atoms with E-state index in [0.717, 1.165) is 21.1 Å². The van der Waals surface area contributed by atoms with Crippen molar-refractivity contribution in [3.05, 3.63) is 42.0 Å². The lowest BCUT2D eigenvalue weighted by molar-refractivity contribution is 0.0231. The summed E-state index contributed by atoms with van der Waals surface area (Å²) in [7, 11) is 4.71. The highest BCUT2D eigenvalue weighted by atomic mass is 32.1. The van der Waals surface area contributed by atoms with Crippen LogP contribution >= 0.6 is 11.3 Å². The van der Waals surface area contributed by atoms with E-state index < -0.39 is 5.97 Å². The minimum atomic E-state index is -0.407. The summed E-state index contributed by atoms with van der Waals surface area (Å²) in [5.41, 5.74) is 1.24. The molecule has 146 valence electrons. The Morgan fingerprint density at radius 1 is 1.07 bits per heavy atom. The number of hydrogen-bond donors (Lipinski definition) is 0. The van der Waals surface area contributed by atoms with Crippen molar-refractivity contribution >= 4 is 32.7 Å². The first kappa shape index (κ1) is 18.4. The molecular weight excluding hydrogens is 380 g/mol. The van der Waals surface area contributed by atoms with E-state index in [-0.39, 0.29) is 6.10 Å². The number of carbonyl (C=O) groups is 1. The van der Waals surface area contributed by atoms with Gasteiger partial charge in [-0.3, -0.25) is 0 Å². The van der Waals surface area contributed by atoms with Crippen molar-refractivity contribution in [2.75, 3.05) is 39.3 Å². The fourth-order valence-electron chi connectivity index (χ4n) is 3.06. The predicted octanol–water partition coefficient (Wildman–Crippen LogP) is 3.37. The number of hydrogen-bond acceptors (Lipinski definition) is 8. The number of benzene rings is 2. The Balaban J connectivity index is 1.41. The minimum Gasteiger partial charge on any atom is -0.497 e. The van der Waals surface area contributed by atoms with Gasteiger partial charge in [-0.15, -0.1) is 0 Å². The van der Waals surface area contributed by atoms with Gasteiger partial charge >= 0.3 is 5.97 Å². The van der Waals surface area contributed by atoms with Crippen molar-refractivity contribution in [2.45, 2.75) is 6.10 Å². The van der Waals surface area contributed by atoms with Crippen LogP contribution in [-0.2, 0) is 4.74 Å². The maximum Gasteiger partial charge on any atom is 0.342 e. The average molecular weight is 400 g/mol. The van der Waals surface area contributed by atoms with Crippen LogP contribution in [0.5, 0.6) is 17.2 Å². The zero-order valence-electron chi connectivity index (χ0n) is 15.8. The molecule has 0 aliphatic carbocycles. The molecule has 0 saturated carbocycles. The van der Waals surface area contributed by atoms with Gasteiger partial charge in [-0.1, -0.05) is 17.4 Å². The highest BCUT2D eigenvalue weighted by Crippen LogP contribution is 2.36. The van der Waals surface area contributed by atoms with Crippen LogP contribution in [0.1, 0.15) is 10.4 Å². The quantitative estimate of drug-likeness (QED) is 0.588. The molecule has 2 heterocycles. The third kappa shape index (κ3) is 3.31. The Morgan fingerprint density at radius 2 is 1.86 bits per heavy atom. The summed E-state index contributed by atoms with van der Waals surface area (Å²) in [6.07, 6.45) is -0.187. The Morgan fingerprint density at radius 3 is 2.57 bits per heavy atom. The standard InChI is InChI=1S/C20H20N2O5S/c1-24-12-7-8-14(16(9-12)26-3)19(23)27-13-10-22(11-13)20-21-18-15(25-2)5-4-6-17(18)28-20/h4-9,13H,10-11H2,1-3H3. The maximum atomic E-state index is 12.5. The molecule has 0 atom stereocenters. The SMILES string of the molecule is COc1ccc(C(=O)OC2CN(c3nc4c(OC)cccc4s3)C2)c(OC)c1. The molecule has 8 heteroatoms. The topological polar surface area (TPSA) is 70.1 Å². The summed E-state index contributed by atoms with van der Waals surface area (Å²) in [6, 6.07) is 10.9. The molecule has 1 aromatic heterocycles. The molecule has 7 nitrogen and oxygen atoms in total. The second-order valence-corrected chi connectivity index (χ2v) is 7.31. The zero-order chi connectivity index (χ0) is 19.7. The first-order chi connectivity index (χ1) is 13.6. The molecule has 0 amide bonds. The number of anilines is 1. The lowest BCUT2D eigenvalue weighted by Gasteiger charge is -2.38.